The summed E-state index contributed by atoms with van der Waals surface area (Å²) in [5.74, 6) is 4.51. The van der Waals surface area contributed by atoms with E-state index in [1.807, 2.05) is 0 Å². The maximum absolute atomic E-state index is 11.6. The second kappa shape index (κ2) is 7.08. The fourth-order valence-corrected chi connectivity index (χ4v) is 2.03. The first-order chi connectivity index (χ1) is 9.31. The molecule has 1 amide bonds. The molecule has 0 aliphatic rings. The van der Waals surface area contributed by atoms with Gasteiger partial charge in [0.05, 0.1) is 6.61 Å². The van der Waals surface area contributed by atoms with Gasteiger partial charge in [0, 0.05) is 23.9 Å². The van der Waals surface area contributed by atoms with E-state index in [-0.39, 0.29) is 6.61 Å². The molecule has 0 radical (unpaired) electrons. The number of benzene rings is 1. The first-order valence-corrected chi connectivity index (χ1v) is 8.06. The third-order valence-corrected chi connectivity index (χ3v) is 3.16. The summed E-state index contributed by atoms with van der Waals surface area (Å²) in [4.78, 5) is 11.6. The van der Waals surface area contributed by atoms with Crippen molar-refractivity contribution in [2.75, 3.05) is 23.9 Å². The molecule has 0 aromatic heterocycles. The Morgan fingerprint density at radius 3 is 2.70 bits per heavy atom. The second-order valence-electron chi connectivity index (χ2n) is 4.42. The minimum atomic E-state index is -3.35. The van der Waals surface area contributed by atoms with Crippen LogP contribution in [0.3, 0.4) is 0 Å². The Morgan fingerprint density at radius 2 is 2.10 bits per heavy atom. The van der Waals surface area contributed by atoms with E-state index in [4.69, 9.17) is 5.11 Å². The van der Waals surface area contributed by atoms with E-state index in [1.54, 1.807) is 25.1 Å². The molecule has 0 bridgehead atoms. The number of amides is 1. The molecule has 0 aliphatic carbocycles. The summed E-state index contributed by atoms with van der Waals surface area (Å²) in [6, 6.07) is 5.27. The smallest absolute Gasteiger partial charge is 0.239 e. The monoisotopic (exact) mass is 295 g/mol. The highest BCUT2D eigenvalue weighted by atomic mass is 32.2. The van der Waals surface area contributed by atoms with Gasteiger partial charge in [-0.25, -0.2) is 8.42 Å². The summed E-state index contributed by atoms with van der Waals surface area (Å²) in [6.07, 6.45) is 1.39. The highest BCUT2D eigenvalue weighted by Crippen LogP contribution is 2.16. The normalized spacial score (nSPS) is 10.6. The number of sulfone groups is 1. The molecule has 1 aromatic carbocycles. The maximum Gasteiger partial charge on any atom is 0.239 e. The van der Waals surface area contributed by atoms with Crippen molar-refractivity contribution in [1.82, 2.24) is 0 Å². The average molecular weight is 295 g/mol. The van der Waals surface area contributed by atoms with Crippen molar-refractivity contribution in [2.24, 2.45) is 0 Å². The predicted octanol–water partition coefficient (Wildman–Crippen LogP) is 0.712. The molecule has 0 fully saturated rings. The first-order valence-electron chi connectivity index (χ1n) is 6.00. The molecule has 0 atom stereocenters. The molecule has 0 unspecified atom stereocenters. The van der Waals surface area contributed by atoms with E-state index in [2.05, 4.69) is 17.2 Å². The Hall–Kier alpha value is -1.84. The van der Waals surface area contributed by atoms with Crippen molar-refractivity contribution in [3.05, 3.63) is 29.3 Å². The van der Waals surface area contributed by atoms with Crippen LogP contribution in [0.2, 0.25) is 0 Å². The summed E-state index contributed by atoms with van der Waals surface area (Å²) >= 11 is 0. The van der Waals surface area contributed by atoms with Crippen molar-refractivity contribution in [3.8, 4) is 11.8 Å². The van der Waals surface area contributed by atoms with Crippen LogP contribution < -0.4 is 5.32 Å². The van der Waals surface area contributed by atoms with E-state index < -0.39 is 21.5 Å². The number of carbonyl (C=O) groups is 1. The molecular weight excluding hydrogens is 278 g/mol. The van der Waals surface area contributed by atoms with Crippen LogP contribution in [0.4, 0.5) is 5.69 Å². The Labute approximate surface area is 118 Å². The highest BCUT2D eigenvalue weighted by molar-refractivity contribution is 7.91. The third-order valence-electron chi connectivity index (χ3n) is 2.37. The summed E-state index contributed by atoms with van der Waals surface area (Å²) < 4.78 is 22.1. The number of rotatable bonds is 4. The predicted molar refractivity (Wildman–Crippen MR) is 78.1 cm³/mol. The number of aliphatic hydroxyl groups excluding tert-OH is 1. The fraction of sp³-hybridized carbons (Fsp3) is 0.357. The van der Waals surface area contributed by atoms with Crippen molar-refractivity contribution in [1.29, 1.82) is 0 Å². The molecule has 2 N–H and O–H groups in total. The largest absolute Gasteiger partial charge is 0.395 e. The average Bonchev–Trinajstić information content (AvgIpc) is 2.31. The lowest BCUT2D eigenvalue weighted by Crippen LogP contribution is -2.22. The molecule has 6 heteroatoms. The minimum absolute atomic E-state index is 0.00316. The summed E-state index contributed by atoms with van der Waals surface area (Å²) in [7, 11) is -3.35. The van der Waals surface area contributed by atoms with Crippen molar-refractivity contribution in [3.63, 3.8) is 0 Å². The van der Waals surface area contributed by atoms with E-state index in [9.17, 15) is 13.2 Å². The highest BCUT2D eigenvalue weighted by Gasteiger charge is 2.12. The van der Waals surface area contributed by atoms with Gasteiger partial charge in [-0.3, -0.25) is 4.79 Å². The summed E-state index contributed by atoms with van der Waals surface area (Å²) in [5, 5.41) is 11.2. The molecule has 0 spiro atoms. The molecule has 0 heterocycles. The van der Waals surface area contributed by atoms with Gasteiger partial charge in [0.2, 0.25) is 5.91 Å². The van der Waals surface area contributed by atoms with Crippen molar-refractivity contribution >= 4 is 21.4 Å². The van der Waals surface area contributed by atoms with Crippen LogP contribution in [0.5, 0.6) is 0 Å². The van der Waals surface area contributed by atoms with Crippen LogP contribution in [0, 0.1) is 18.8 Å². The first kappa shape index (κ1) is 16.2. The zero-order valence-corrected chi connectivity index (χ0v) is 12.3. The maximum atomic E-state index is 11.6. The summed E-state index contributed by atoms with van der Waals surface area (Å²) in [6.45, 7) is 1.80. The van der Waals surface area contributed by atoms with Crippen LogP contribution in [0.25, 0.3) is 0 Å². The van der Waals surface area contributed by atoms with Crippen LogP contribution in [0.15, 0.2) is 18.2 Å². The van der Waals surface area contributed by atoms with Crippen LogP contribution >= 0.6 is 0 Å². The molecule has 20 heavy (non-hydrogen) atoms. The van der Waals surface area contributed by atoms with Gasteiger partial charge in [0.25, 0.3) is 0 Å². The van der Waals surface area contributed by atoms with Crippen molar-refractivity contribution in [2.45, 2.75) is 13.3 Å². The fourth-order valence-electron chi connectivity index (χ4n) is 1.48. The van der Waals surface area contributed by atoms with E-state index in [1.165, 1.54) is 0 Å². The standard InChI is InChI=1S/C14H17NO4S/c1-11-6-7-12(5-3-4-8-16)9-13(11)15-14(17)10-20(2,18)19/h6-7,9,16H,4,8,10H2,1-2H3,(H,15,17). The molecule has 1 aromatic rings. The molecule has 5 nitrogen and oxygen atoms in total. The zero-order valence-electron chi connectivity index (χ0n) is 11.4. The van der Waals surface area contributed by atoms with Crippen molar-refractivity contribution < 1.29 is 18.3 Å². The van der Waals surface area contributed by atoms with Crippen LogP contribution in [-0.2, 0) is 14.6 Å². The van der Waals surface area contributed by atoms with Crippen LogP contribution in [0.1, 0.15) is 17.5 Å². The van der Waals surface area contributed by atoms with E-state index in [0.717, 1.165) is 11.8 Å². The van der Waals surface area contributed by atoms with E-state index >= 15 is 0 Å². The number of hydrogen-bond donors (Lipinski definition) is 2. The second-order valence-corrected chi connectivity index (χ2v) is 6.56. The number of aliphatic hydroxyl groups is 1. The lowest BCUT2D eigenvalue weighted by molar-refractivity contribution is -0.113. The van der Waals surface area contributed by atoms with Gasteiger partial charge in [0.15, 0.2) is 9.84 Å². The van der Waals surface area contributed by atoms with Gasteiger partial charge in [-0.15, -0.1) is 0 Å². The number of nitrogens with one attached hydrogen (secondary N) is 1. The molecule has 0 saturated heterocycles. The Morgan fingerprint density at radius 1 is 1.40 bits per heavy atom. The van der Waals surface area contributed by atoms with Crippen LogP contribution in [-0.4, -0.2) is 38.0 Å². The minimum Gasteiger partial charge on any atom is -0.395 e. The van der Waals surface area contributed by atoms with Gasteiger partial charge in [-0.2, -0.15) is 0 Å². The molecule has 0 aliphatic heterocycles. The van der Waals surface area contributed by atoms with E-state index in [0.29, 0.717) is 17.7 Å². The van der Waals surface area contributed by atoms with Gasteiger partial charge < -0.3 is 10.4 Å². The Kier molecular flexibility index (Phi) is 5.74. The van der Waals surface area contributed by atoms with Gasteiger partial charge in [0.1, 0.15) is 5.75 Å². The quantitative estimate of drug-likeness (QED) is 0.801. The lowest BCUT2D eigenvalue weighted by Gasteiger charge is -2.08. The number of hydrogen-bond acceptors (Lipinski definition) is 4. The Bertz CT molecular complexity index is 653. The van der Waals surface area contributed by atoms with Gasteiger partial charge >= 0.3 is 0 Å². The zero-order chi connectivity index (χ0) is 15.2. The molecular formula is C14H17NO4S. The van der Waals surface area contributed by atoms with Gasteiger partial charge in [-0.05, 0) is 24.6 Å². The third kappa shape index (κ3) is 5.87. The summed E-state index contributed by atoms with van der Waals surface area (Å²) in [5.41, 5.74) is 2.05. The molecule has 108 valence electrons. The Balaban J connectivity index is 2.87. The number of anilines is 1. The molecule has 1 rings (SSSR count). The molecule has 0 saturated carbocycles. The number of aryl methyl sites for hydroxylation is 1. The lowest BCUT2D eigenvalue weighted by atomic mass is 10.1. The topological polar surface area (TPSA) is 83.5 Å². The number of carbonyl (C=O) groups excluding carboxylic acids is 1. The SMILES string of the molecule is Cc1ccc(C#CCCO)cc1NC(=O)CS(C)(=O)=O. The van der Waals surface area contributed by atoms with Gasteiger partial charge in [-0.1, -0.05) is 17.9 Å².